The maximum atomic E-state index is 11.7. The molecular weight excluding hydrogens is 328 g/mol. The molecule has 140 valence electrons. The van der Waals surface area contributed by atoms with Crippen LogP contribution in [-0.2, 0) is 4.79 Å². The first-order chi connectivity index (χ1) is 12.5. The number of aromatic hydroxyl groups is 1. The van der Waals surface area contributed by atoms with E-state index in [9.17, 15) is 15.0 Å². The van der Waals surface area contributed by atoms with Gasteiger partial charge in [0.2, 0.25) is 0 Å². The van der Waals surface area contributed by atoms with Crippen LogP contribution in [0.15, 0.2) is 42.5 Å². The van der Waals surface area contributed by atoms with Gasteiger partial charge in [0, 0.05) is 5.56 Å². The maximum absolute atomic E-state index is 11.7. The molecule has 4 heteroatoms. The standard InChI is InChI=1S/C22H28O4/c1-3-4-5-6-7-12-18(22(24)25)17-13-10-15-20(21(17)23)26-19-14-9-8-11-16(19)2/h8-11,13-15,18,23H,3-7,12H2,1-2H3,(H,24,25). The van der Waals surface area contributed by atoms with Crippen LogP contribution in [0.5, 0.6) is 17.2 Å². The lowest BCUT2D eigenvalue weighted by Crippen LogP contribution is -2.12. The summed E-state index contributed by atoms with van der Waals surface area (Å²) in [6.07, 6.45) is 5.80. The Kier molecular flexibility index (Phi) is 7.52. The van der Waals surface area contributed by atoms with Gasteiger partial charge in [-0.25, -0.2) is 0 Å². The van der Waals surface area contributed by atoms with E-state index >= 15 is 0 Å². The van der Waals surface area contributed by atoms with Gasteiger partial charge in [-0.05, 0) is 31.0 Å². The van der Waals surface area contributed by atoms with Crippen LogP contribution in [0, 0.1) is 6.92 Å². The summed E-state index contributed by atoms with van der Waals surface area (Å²) in [6.45, 7) is 4.07. The van der Waals surface area contributed by atoms with Gasteiger partial charge < -0.3 is 14.9 Å². The van der Waals surface area contributed by atoms with Crippen LogP contribution in [0.1, 0.15) is 62.5 Å². The van der Waals surface area contributed by atoms with E-state index in [1.54, 1.807) is 18.2 Å². The summed E-state index contributed by atoms with van der Waals surface area (Å²) < 4.78 is 5.83. The van der Waals surface area contributed by atoms with E-state index in [-0.39, 0.29) is 11.5 Å². The third-order valence-electron chi connectivity index (χ3n) is 4.61. The molecule has 0 aliphatic heterocycles. The molecule has 2 rings (SSSR count). The molecule has 2 aromatic carbocycles. The van der Waals surface area contributed by atoms with Crippen molar-refractivity contribution in [2.75, 3.05) is 0 Å². The van der Waals surface area contributed by atoms with Crippen molar-refractivity contribution in [1.29, 1.82) is 0 Å². The Labute approximate surface area is 155 Å². The van der Waals surface area contributed by atoms with Crippen LogP contribution in [0.2, 0.25) is 0 Å². The zero-order chi connectivity index (χ0) is 18.9. The number of aryl methyl sites for hydroxylation is 1. The molecule has 0 spiro atoms. The molecule has 0 aliphatic rings. The molecule has 2 N–H and O–H groups in total. The van der Waals surface area contributed by atoms with Gasteiger partial charge in [0.15, 0.2) is 11.5 Å². The van der Waals surface area contributed by atoms with Crippen molar-refractivity contribution >= 4 is 5.97 Å². The number of phenolic OH excluding ortho intramolecular Hbond substituents is 1. The van der Waals surface area contributed by atoms with Gasteiger partial charge in [-0.2, -0.15) is 0 Å². The summed E-state index contributed by atoms with van der Waals surface area (Å²) in [7, 11) is 0. The average molecular weight is 356 g/mol. The number of carboxylic acid groups (broad SMARTS) is 1. The SMILES string of the molecule is CCCCCCCC(C(=O)O)c1cccc(Oc2ccccc2C)c1O. The van der Waals surface area contributed by atoms with Crippen LogP contribution in [0.25, 0.3) is 0 Å². The lowest BCUT2D eigenvalue weighted by molar-refractivity contribution is -0.139. The van der Waals surface area contributed by atoms with E-state index in [4.69, 9.17) is 4.74 Å². The predicted octanol–water partition coefficient (Wildman–Crippen LogP) is 6.02. The fourth-order valence-electron chi connectivity index (χ4n) is 3.06. The highest BCUT2D eigenvalue weighted by Crippen LogP contribution is 2.39. The number of aliphatic carboxylic acids is 1. The second-order valence-corrected chi connectivity index (χ2v) is 6.66. The van der Waals surface area contributed by atoms with Crippen molar-refractivity contribution in [1.82, 2.24) is 0 Å². The fraction of sp³-hybridized carbons (Fsp3) is 0.409. The molecule has 0 heterocycles. The number of hydrogen-bond acceptors (Lipinski definition) is 3. The van der Waals surface area contributed by atoms with Gasteiger partial charge in [-0.3, -0.25) is 4.79 Å². The zero-order valence-corrected chi connectivity index (χ0v) is 15.6. The highest BCUT2D eigenvalue weighted by molar-refractivity contribution is 5.77. The Morgan fingerprint density at radius 3 is 2.38 bits per heavy atom. The first-order valence-corrected chi connectivity index (χ1v) is 9.32. The minimum atomic E-state index is -0.913. The maximum Gasteiger partial charge on any atom is 0.311 e. The molecule has 0 saturated carbocycles. The number of carboxylic acids is 1. The molecule has 1 atom stereocenters. The van der Waals surface area contributed by atoms with E-state index in [0.717, 1.165) is 31.2 Å². The van der Waals surface area contributed by atoms with Gasteiger partial charge >= 0.3 is 5.97 Å². The summed E-state index contributed by atoms with van der Waals surface area (Å²) in [5, 5.41) is 20.2. The van der Waals surface area contributed by atoms with Crippen molar-refractivity contribution in [3.8, 4) is 17.2 Å². The Morgan fingerprint density at radius 2 is 1.69 bits per heavy atom. The Hall–Kier alpha value is -2.49. The monoisotopic (exact) mass is 356 g/mol. The number of para-hydroxylation sites is 2. The van der Waals surface area contributed by atoms with Crippen molar-refractivity contribution in [3.05, 3.63) is 53.6 Å². The average Bonchev–Trinajstić information content (AvgIpc) is 2.62. The largest absolute Gasteiger partial charge is 0.504 e. The molecule has 0 aromatic heterocycles. The molecule has 0 bridgehead atoms. The molecule has 0 fully saturated rings. The molecule has 2 aromatic rings. The zero-order valence-electron chi connectivity index (χ0n) is 15.6. The van der Waals surface area contributed by atoms with Crippen LogP contribution < -0.4 is 4.74 Å². The molecule has 4 nitrogen and oxygen atoms in total. The molecule has 0 saturated heterocycles. The summed E-state index contributed by atoms with van der Waals surface area (Å²) in [5.41, 5.74) is 1.36. The Morgan fingerprint density at radius 1 is 1.00 bits per heavy atom. The highest BCUT2D eigenvalue weighted by Gasteiger charge is 2.24. The number of rotatable bonds is 10. The van der Waals surface area contributed by atoms with Crippen molar-refractivity contribution in [3.63, 3.8) is 0 Å². The number of phenols is 1. The second-order valence-electron chi connectivity index (χ2n) is 6.66. The van der Waals surface area contributed by atoms with Crippen LogP contribution >= 0.6 is 0 Å². The van der Waals surface area contributed by atoms with Crippen LogP contribution in [-0.4, -0.2) is 16.2 Å². The van der Waals surface area contributed by atoms with Gasteiger partial charge in [-0.1, -0.05) is 69.4 Å². The van der Waals surface area contributed by atoms with E-state index in [1.807, 2.05) is 31.2 Å². The van der Waals surface area contributed by atoms with Crippen molar-refractivity contribution in [2.24, 2.45) is 0 Å². The Balaban J connectivity index is 2.16. The highest BCUT2D eigenvalue weighted by atomic mass is 16.5. The summed E-state index contributed by atoms with van der Waals surface area (Å²) in [6, 6.07) is 12.6. The topological polar surface area (TPSA) is 66.8 Å². The summed E-state index contributed by atoms with van der Waals surface area (Å²) >= 11 is 0. The minimum Gasteiger partial charge on any atom is -0.504 e. The van der Waals surface area contributed by atoms with Crippen molar-refractivity contribution < 1.29 is 19.7 Å². The first-order valence-electron chi connectivity index (χ1n) is 9.32. The number of benzene rings is 2. The molecular formula is C22H28O4. The quantitative estimate of drug-likeness (QED) is 0.511. The third kappa shape index (κ3) is 5.25. The minimum absolute atomic E-state index is 0.0864. The van der Waals surface area contributed by atoms with Gasteiger partial charge in [0.25, 0.3) is 0 Å². The normalized spacial score (nSPS) is 11.9. The summed E-state index contributed by atoms with van der Waals surface area (Å²) in [5.74, 6) is -0.794. The molecule has 0 aliphatic carbocycles. The first kappa shape index (κ1) is 19.8. The summed E-state index contributed by atoms with van der Waals surface area (Å²) in [4.78, 5) is 11.7. The molecule has 26 heavy (non-hydrogen) atoms. The van der Waals surface area contributed by atoms with Crippen molar-refractivity contribution in [2.45, 2.75) is 58.3 Å². The predicted molar refractivity (Wildman–Crippen MR) is 103 cm³/mol. The number of ether oxygens (including phenoxy) is 1. The van der Waals surface area contributed by atoms with Gasteiger partial charge in [-0.15, -0.1) is 0 Å². The lowest BCUT2D eigenvalue weighted by Gasteiger charge is -2.17. The van der Waals surface area contributed by atoms with E-state index in [1.165, 1.54) is 6.42 Å². The number of carbonyl (C=O) groups is 1. The van der Waals surface area contributed by atoms with Gasteiger partial charge in [0.1, 0.15) is 5.75 Å². The fourth-order valence-corrected chi connectivity index (χ4v) is 3.06. The number of hydrogen-bond donors (Lipinski definition) is 2. The molecule has 0 amide bonds. The van der Waals surface area contributed by atoms with E-state index in [2.05, 4.69) is 6.92 Å². The number of unbranched alkanes of at least 4 members (excludes halogenated alkanes) is 4. The van der Waals surface area contributed by atoms with E-state index < -0.39 is 11.9 Å². The third-order valence-corrected chi connectivity index (χ3v) is 4.61. The smallest absolute Gasteiger partial charge is 0.311 e. The van der Waals surface area contributed by atoms with Crippen LogP contribution in [0.4, 0.5) is 0 Å². The lowest BCUT2D eigenvalue weighted by atomic mass is 9.92. The second kappa shape index (κ2) is 9.85. The molecule has 1 unspecified atom stereocenters. The Bertz CT molecular complexity index is 724. The van der Waals surface area contributed by atoms with E-state index in [0.29, 0.717) is 17.7 Å². The van der Waals surface area contributed by atoms with Crippen LogP contribution in [0.3, 0.4) is 0 Å². The van der Waals surface area contributed by atoms with Gasteiger partial charge in [0.05, 0.1) is 5.92 Å². The molecule has 0 radical (unpaired) electrons.